The van der Waals surface area contributed by atoms with Gasteiger partial charge in [0.15, 0.2) is 5.82 Å². The van der Waals surface area contributed by atoms with E-state index in [2.05, 4.69) is 55.3 Å². The monoisotopic (exact) mass is 291 g/mol. The molecule has 0 atom stereocenters. The standard InChI is InChI=1S/C15H21N3OS/c1-11-5-7-12(8-6-11)16-9-14-17-13(18-19-14)10-20-15(2,3)4/h5-8,16H,9-10H2,1-4H3. The van der Waals surface area contributed by atoms with Gasteiger partial charge in [-0.2, -0.15) is 4.98 Å². The largest absolute Gasteiger partial charge is 0.376 e. The van der Waals surface area contributed by atoms with Crippen LogP contribution in [0.2, 0.25) is 0 Å². The van der Waals surface area contributed by atoms with Crippen molar-refractivity contribution in [3.05, 3.63) is 41.5 Å². The smallest absolute Gasteiger partial charge is 0.245 e. The number of rotatable bonds is 5. The van der Waals surface area contributed by atoms with Crippen LogP contribution in [0.5, 0.6) is 0 Å². The van der Waals surface area contributed by atoms with Crippen LogP contribution in [0.1, 0.15) is 38.0 Å². The lowest BCUT2D eigenvalue weighted by Gasteiger charge is -2.15. The summed E-state index contributed by atoms with van der Waals surface area (Å²) in [5.41, 5.74) is 2.30. The van der Waals surface area contributed by atoms with E-state index in [1.807, 2.05) is 23.9 Å². The summed E-state index contributed by atoms with van der Waals surface area (Å²) in [5.74, 6) is 2.15. The molecule has 2 aromatic rings. The highest BCUT2D eigenvalue weighted by Gasteiger charge is 2.13. The summed E-state index contributed by atoms with van der Waals surface area (Å²) in [6.07, 6.45) is 0. The van der Waals surface area contributed by atoms with E-state index in [0.29, 0.717) is 12.4 Å². The van der Waals surface area contributed by atoms with E-state index >= 15 is 0 Å². The quantitative estimate of drug-likeness (QED) is 0.901. The van der Waals surface area contributed by atoms with Gasteiger partial charge in [-0.05, 0) is 19.1 Å². The molecule has 0 radical (unpaired) electrons. The fourth-order valence-electron chi connectivity index (χ4n) is 1.55. The van der Waals surface area contributed by atoms with Crippen molar-refractivity contribution in [1.82, 2.24) is 10.1 Å². The summed E-state index contributed by atoms with van der Waals surface area (Å²) < 4.78 is 5.45. The van der Waals surface area contributed by atoms with Crippen molar-refractivity contribution in [2.24, 2.45) is 0 Å². The maximum atomic E-state index is 5.24. The Morgan fingerprint density at radius 2 is 1.90 bits per heavy atom. The van der Waals surface area contributed by atoms with Crippen LogP contribution in [0.3, 0.4) is 0 Å². The molecule has 1 aromatic heterocycles. The third-order valence-corrected chi connectivity index (χ3v) is 3.91. The van der Waals surface area contributed by atoms with E-state index in [9.17, 15) is 0 Å². The number of aryl methyl sites for hydroxylation is 1. The molecule has 0 fully saturated rings. The molecule has 4 nitrogen and oxygen atoms in total. The zero-order valence-electron chi connectivity index (χ0n) is 12.4. The van der Waals surface area contributed by atoms with E-state index in [4.69, 9.17) is 4.52 Å². The first-order valence-electron chi connectivity index (χ1n) is 6.68. The number of aromatic nitrogens is 2. The van der Waals surface area contributed by atoms with Crippen molar-refractivity contribution in [3.63, 3.8) is 0 Å². The molecule has 0 spiro atoms. The van der Waals surface area contributed by atoms with E-state index in [-0.39, 0.29) is 4.75 Å². The molecule has 0 amide bonds. The van der Waals surface area contributed by atoms with Gasteiger partial charge in [0.1, 0.15) is 0 Å². The Balaban J connectivity index is 1.85. The van der Waals surface area contributed by atoms with Crippen LogP contribution >= 0.6 is 11.8 Å². The highest BCUT2D eigenvalue weighted by atomic mass is 32.2. The predicted molar refractivity (Wildman–Crippen MR) is 83.9 cm³/mol. The third kappa shape index (κ3) is 4.89. The minimum absolute atomic E-state index is 0.209. The van der Waals surface area contributed by atoms with E-state index < -0.39 is 0 Å². The average molecular weight is 291 g/mol. The zero-order valence-corrected chi connectivity index (χ0v) is 13.3. The molecule has 0 unspecified atom stereocenters. The molecule has 1 aromatic carbocycles. The lowest BCUT2D eigenvalue weighted by Crippen LogP contribution is -2.08. The molecule has 20 heavy (non-hydrogen) atoms. The highest BCUT2D eigenvalue weighted by Crippen LogP contribution is 2.26. The lowest BCUT2D eigenvalue weighted by atomic mass is 10.2. The number of nitrogens with one attached hydrogen (secondary N) is 1. The van der Waals surface area contributed by atoms with Crippen LogP contribution in [0.25, 0.3) is 0 Å². The molecule has 0 bridgehead atoms. The van der Waals surface area contributed by atoms with Crippen molar-refractivity contribution in [3.8, 4) is 0 Å². The fourth-order valence-corrected chi connectivity index (χ4v) is 2.23. The van der Waals surface area contributed by atoms with Crippen LogP contribution in [0.4, 0.5) is 5.69 Å². The maximum Gasteiger partial charge on any atom is 0.245 e. The summed E-state index contributed by atoms with van der Waals surface area (Å²) in [6, 6.07) is 8.23. The second kappa shape index (κ2) is 6.31. The molecule has 0 aliphatic rings. The normalized spacial score (nSPS) is 11.6. The van der Waals surface area contributed by atoms with Gasteiger partial charge >= 0.3 is 0 Å². The number of nitrogens with zero attached hydrogens (tertiary/aromatic N) is 2. The second-order valence-corrected chi connectivity index (χ2v) is 7.53. The van der Waals surface area contributed by atoms with Crippen molar-refractivity contribution in [2.75, 3.05) is 5.32 Å². The first-order chi connectivity index (χ1) is 9.42. The minimum Gasteiger partial charge on any atom is -0.376 e. The van der Waals surface area contributed by atoms with Crippen molar-refractivity contribution in [1.29, 1.82) is 0 Å². The molecule has 1 N–H and O–H groups in total. The van der Waals surface area contributed by atoms with Gasteiger partial charge in [0.25, 0.3) is 0 Å². The Morgan fingerprint density at radius 1 is 1.20 bits per heavy atom. The third-order valence-electron chi connectivity index (χ3n) is 2.64. The van der Waals surface area contributed by atoms with Crippen molar-refractivity contribution in [2.45, 2.75) is 44.7 Å². The molecule has 0 saturated heterocycles. The van der Waals surface area contributed by atoms with E-state index in [0.717, 1.165) is 17.3 Å². The van der Waals surface area contributed by atoms with Crippen LogP contribution in [0.15, 0.2) is 28.8 Å². The van der Waals surface area contributed by atoms with Gasteiger partial charge in [0.05, 0.1) is 12.3 Å². The van der Waals surface area contributed by atoms with Gasteiger partial charge < -0.3 is 9.84 Å². The van der Waals surface area contributed by atoms with Gasteiger partial charge in [0, 0.05) is 10.4 Å². The summed E-state index contributed by atoms with van der Waals surface area (Å²) in [6.45, 7) is 9.16. The van der Waals surface area contributed by atoms with Gasteiger partial charge in [-0.15, -0.1) is 11.8 Å². The van der Waals surface area contributed by atoms with E-state index in [1.165, 1.54) is 5.56 Å². The average Bonchev–Trinajstić information content (AvgIpc) is 2.83. The number of anilines is 1. The highest BCUT2D eigenvalue weighted by molar-refractivity contribution is 7.99. The van der Waals surface area contributed by atoms with Crippen LogP contribution < -0.4 is 5.32 Å². The molecule has 1 heterocycles. The first-order valence-corrected chi connectivity index (χ1v) is 7.67. The van der Waals surface area contributed by atoms with Gasteiger partial charge in [-0.1, -0.05) is 43.6 Å². The fraction of sp³-hybridized carbons (Fsp3) is 0.467. The van der Waals surface area contributed by atoms with Crippen LogP contribution in [-0.4, -0.2) is 14.9 Å². The molecule has 108 valence electrons. The van der Waals surface area contributed by atoms with Crippen LogP contribution in [-0.2, 0) is 12.3 Å². The number of thioether (sulfide) groups is 1. The maximum absolute atomic E-state index is 5.24. The van der Waals surface area contributed by atoms with Gasteiger partial charge in [-0.3, -0.25) is 0 Å². The Kier molecular flexibility index (Phi) is 4.70. The predicted octanol–water partition coefficient (Wildman–Crippen LogP) is 4.02. The summed E-state index contributed by atoms with van der Waals surface area (Å²) >= 11 is 1.81. The Morgan fingerprint density at radius 3 is 2.55 bits per heavy atom. The van der Waals surface area contributed by atoms with Crippen LogP contribution in [0, 0.1) is 6.92 Å². The number of benzene rings is 1. The minimum atomic E-state index is 0.209. The molecule has 0 saturated carbocycles. The molecular weight excluding hydrogens is 270 g/mol. The molecule has 0 aliphatic carbocycles. The SMILES string of the molecule is Cc1ccc(NCc2nc(CSC(C)(C)C)no2)cc1. The summed E-state index contributed by atoms with van der Waals surface area (Å²) in [4.78, 5) is 4.38. The zero-order chi connectivity index (χ0) is 14.6. The van der Waals surface area contributed by atoms with E-state index in [1.54, 1.807) is 0 Å². The molecule has 0 aliphatic heterocycles. The molecule has 2 rings (SSSR count). The summed E-state index contributed by atoms with van der Waals surface area (Å²) in [7, 11) is 0. The van der Waals surface area contributed by atoms with Crippen molar-refractivity contribution < 1.29 is 4.52 Å². The molecular formula is C15H21N3OS. The second-order valence-electron chi connectivity index (χ2n) is 5.72. The topological polar surface area (TPSA) is 51.0 Å². The molecule has 5 heteroatoms. The summed E-state index contributed by atoms with van der Waals surface area (Å²) in [5, 5.41) is 7.27. The van der Waals surface area contributed by atoms with Crippen molar-refractivity contribution >= 4 is 17.4 Å². The Bertz CT molecular complexity index is 543. The number of hydrogen-bond donors (Lipinski definition) is 1. The first kappa shape index (κ1) is 14.9. The van der Waals surface area contributed by atoms with Gasteiger partial charge in [-0.25, -0.2) is 0 Å². The number of hydrogen-bond acceptors (Lipinski definition) is 5. The Hall–Kier alpha value is -1.49. The van der Waals surface area contributed by atoms with Gasteiger partial charge in [0.2, 0.25) is 5.89 Å². The Labute approximate surface area is 124 Å². The lowest BCUT2D eigenvalue weighted by molar-refractivity contribution is 0.379.